The van der Waals surface area contributed by atoms with Crippen molar-refractivity contribution in [2.45, 2.75) is 43.2 Å². The molecule has 1 heterocycles. The molecule has 1 saturated heterocycles. The largest absolute Gasteiger partial charge is 0.351 e. The van der Waals surface area contributed by atoms with E-state index in [0.717, 1.165) is 18.4 Å². The van der Waals surface area contributed by atoms with Gasteiger partial charge < -0.3 is 5.32 Å². The summed E-state index contributed by atoms with van der Waals surface area (Å²) in [4.78, 5) is 11.6. The molecule has 1 aliphatic carbocycles. The topological polar surface area (TPSA) is 72.5 Å². The Hall–Kier alpha value is -1.40. The minimum atomic E-state index is -3.77. The quantitative estimate of drug-likeness (QED) is 0.855. The van der Waals surface area contributed by atoms with Crippen LogP contribution in [-0.4, -0.2) is 26.5 Å². The van der Waals surface area contributed by atoms with E-state index in [9.17, 15) is 13.2 Å². The van der Waals surface area contributed by atoms with Gasteiger partial charge in [-0.25, -0.2) is 0 Å². The number of rotatable bonds is 3. The Balaban J connectivity index is 1.80. The van der Waals surface area contributed by atoms with Gasteiger partial charge in [-0.1, -0.05) is 17.7 Å². The maximum absolute atomic E-state index is 12.3. The number of carbonyl (C=O) groups is 1. The molecule has 1 aromatic rings. The lowest BCUT2D eigenvalue weighted by Crippen LogP contribution is -2.49. The summed E-state index contributed by atoms with van der Waals surface area (Å²) in [5.74, 6) is -0.000873. The highest BCUT2D eigenvalue weighted by Gasteiger charge is 2.45. The van der Waals surface area contributed by atoms with Crippen LogP contribution in [0.2, 0.25) is 0 Å². The average molecular weight is 295 g/mol. The molecule has 1 aliphatic heterocycles. The molecule has 2 bridgehead atoms. The molecule has 3 atom stereocenters. The third-order valence-electron chi connectivity index (χ3n) is 4.05. The number of hydrogen-bond donors (Lipinski definition) is 1. The Labute approximate surface area is 118 Å². The Kier molecular flexibility index (Phi) is 3.30. The van der Waals surface area contributed by atoms with Crippen LogP contribution in [0.3, 0.4) is 0 Å². The number of hydrogen-bond acceptors (Lipinski definition) is 4. The van der Waals surface area contributed by atoms with E-state index < -0.39 is 16.2 Å². The van der Waals surface area contributed by atoms with Crippen molar-refractivity contribution in [2.75, 3.05) is 0 Å². The molecular weight excluding hydrogens is 278 g/mol. The van der Waals surface area contributed by atoms with E-state index in [0.29, 0.717) is 6.42 Å². The molecule has 2 aliphatic rings. The molecule has 1 saturated carbocycles. The molecule has 0 unspecified atom stereocenters. The molecule has 5 nitrogen and oxygen atoms in total. The molecule has 20 heavy (non-hydrogen) atoms. The van der Waals surface area contributed by atoms with E-state index in [4.69, 9.17) is 4.18 Å². The maximum Gasteiger partial charge on any atom is 0.297 e. The van der Waals surface area contributed by atoms with Crippen molar-refractivity contribution in [1.82, 2.24) is 5.32 Å². The number of benzene rings is 1. The van der Waals surface area contributed by atoms with Crippen molar-refractivity contribution in [1.29, 1.82) is 0 Å². The first kappa shape index (κ1) is 13.6. The first-order valence-electron chi connectivity index (χ1n) is 6.75. The summed E-state index contributed by atoms with van der Waals surface area (Å²) >= 11 is 0. The van der Waals surface area contributed by atoms with Crippen molar-refractivity contribution in [3.63, 3.8) is 0 Å². The molecule has 0 spiro atoms. The molecule has 0 radical (unpaired) electrons. The van der Waals surface area contributed by atoms with Gasteiger partial charge in [0.25, 0.3) is 10.1 Å². The summed E-state index contributed by atoms with van der Waals surface area (Å²) in [6, 6.07) is 6.41. The van der Waals surface area contributed by atoms with Crippen LogP contribution in [0.1, 0.15) is 24.8 Å². The monoisotopic (exact) mass is 295 g/mol. The van der Waals surface area contributed by atoms with Crippen LogP contribution in [-0.2, 0) is 19.1 Å². The number of amides is 1. The molecule has 0 aromatic heterocycles. The molecule has 1 N–H and O–H groups in total. The highest BCUT2D eigenvalue weighted by atomic mass is 32.2. The van der Waals surface area contributed by atoms with Crippen LogP contribution in [0.15, 0.2) is 29.2 Å². The van der Waals surface area contributed by atoms with Gasteiger partial charge in [-0.2, -0.15) is 8.42 Å². The van der Waals surface area contributed by atoms with Gasteiger partial charge in [0.15, 0.2) is 0 Å². The zero-order chi connectivity index (χ0) is 14.3. The van der Waals surface area contributed by atoms with E-state index in [2.05, 4.69) is 5.32 Å². The number of piperidine rings is 1. The average Bonchev–Trinajstić information content (AvgIpc) is 2.62. The number of carbonyl (C=O) groups excluding carboxylic acids is 1. The number of aryl methyl sites for hydroxylation is 1. The summed E-state index contributed by atoms with van der Waals surface area (Å²) in [6.07, 6.45) is 1.53. The highest BCUT2D eigenvalue weighted by Crippen LogP contribution is 2.36. The second-order valence-electron chi connectivity index (χ2n) is 5.54. The number of nitrogens with one attached hydrogen (secondary N) is 1. The van der Waals surface area contributed by atoms with Gasteiger partial charge in [0.1, 0.15) is 6.10 Å². The van der Waals surface area contributed by atoms with Crippen molar-refractivity contribution >= 4 is 16.0 Å². The van der Waals surface area contributed by atoms with E-state index in [1.807, 2.05) is 6.92 Å². The van der Waals surface area contributed by atoms with Crippen molar-refractivity contribution in [3.8, 4) is 0 Å². The molecule has 2 fully saturated rings. The molecule has 1 amide bonds. The maximum atomic E-state index is 12.3. The van der Waals surface area contributed by atoms with Crippen LogP contribution in [0.4, 0.5) is 0 Å². The van der Waals surface area contributed by atoms with Crippen molar-refractivity contribution < 1.29 is 17.4 Å². The summed E-state index contributed by atoms with van der Waals surface area (Å²) < 4.78 is 30.0. The lowest BCUT2D eigenvalue weighted by atomic mass is 9.97. The fraction of sp³-hybridized carbons (Fsp3) is 0.500. The van der Waals surface area contributed by atoms with Gasteiger partial charge in [-0.3, -0.25) is 8.98 Å². The lowest BCUT2D eigenvalue weighted by Gasteiger charge is -2.29. The normalized spacial score (nSPS) is 29.2. The second kappa shape index (κ2) is 4.86. The Morgan fingerprint density at radius 1 is 1.20 bits per heavy atom. The van der Waals surface area contributed by atoms with E-state index in [1.54, 1.807) is 24.3 Å². The van der Waals surface area contributed by atoms with E-state index in [-0.39, 0.29) is 22.8 Å². The van der Waals surface area contributed by atoms with Crippen LogP contribution >= 0.6 is 0 Å². The summed E-state index contributed by atoms with van der Waals surface area (Å²) in [5.41, 5.74) is 0.994. The van der Waals surface area contributed by atoms with Crippen LogP contribution < -0.4 is 5.32 Å². The summed E-state index contributed by atoms with van der Waals surface area (Å²) in [5, 5.41) is 2.81. The first-order chi connectivity index (χ1) is 9.45. The molecular formula is C14H17NO4S. The fourth-order valence-corrected chi connectivity index (χ4v) is 4.14. The van der Waals surface area contributed by atoms with Gasteiger partial charge >= 0.3 is 0 Å². The Morgan fingerprint density at radius 3 is 2.55 bits per heavy atom. The summed E-state index contributed by atoms with van der Waals surface area (Å²) in [7, 11) is -3.77. The summed E-state index contributed by atoms with van der Waals surface area (Å²) in [6.45, 7) is 1.90. The lowest BCUT2D eigenvalue weighted by molar-refractivity contribution is -0.126. The van der Waals surface area contributed by atoms with Crippen LogP contribution in [0, 0.1) is 12.8 Å². The number of fused-ring (bicyclic) bond motifs is 2. The van der Waals surface area contributed by atoms with Crippen LogP contribution in [0.25, 0.3) is 0 Å². The zero-order valence-corrected chi connectivity index (χ0v) is 12.0. The molecule has 3 rings (SSSR count). The molecule has 6 heteroatoms. The van der Waals surface area contributed by atoms with Gasteiger partial charge in [0, 0.05) is 6.42 Å². The van der Waals surface area contributed by atoms with E-state index in [1.165, 1.54) is 0 Å². The Morgan fingerprint density at radius 2 is 1.90 bits per heavy atom. The molecule has 1 aromatic carbocycles. The van der Waals surface area contributed by atoms with Gasteiger partial charge in [0.2, 0.25) is 5.91 Å². The van der Waals surface area contributed by atoms with Gasteiger partial charge in [-0.15, -0.1) is 0 Å². The smallest absolute Gasteiger partial charge is 0.297 e. The second-order valence-corrected chi connectivity index (χ2v) is 7.12. The highest BCUT2D eigenvalue weighted by molar-refractivity contribution is 7.86. The predicted octanol–water partition coefficient (Wildman–Crippen LogP) is 1.37. The SMILES string of the molecule is Cc1ccc(S(=O)(=O)O[C@@H]2[C@@H]3CC[C@H]2NC(=O)C3)cc1. The van der Waals surface area contributed by atoms with Crippen molar-refractivity contribution in [3.05, 3.63) is 29.8 Å². The Bertz CT molecular complexity index is 607. The van der Waals surface area contributed by atoms with Gasteiger partial charge in [-0.05, 0) is 37.8 Å². The zero-order valence-electron chi connectivity index (χ0n) is 11.2. The van der Waals surface area contributed by atoms with Crippen LogP contribution in [0.5, 0.6) is 0 Å². The molecule has 108 valence electrons. The van der Waals surface area contributed by atoms with E-state index >= 15 is 0 Å². The third kappa shape index (κ3) is 2.45. The minimum absolute atomic E-state index is 0.00831. The van der Waals surface area contributed by atoms with Gasteiger partial charge in [0.05, 0.1) is 10.9 Å². The standard InChI is InChI=1S/C14H17NO4S/c1-9-2-5-11(6-3-9)20(17,18)19-14-10-4-7-12(14)15-13(16)8-10/h2-3,5-6,10,12,14H,4,7-8H2,1H3,(H,15,16)/t10-,12-,14-/m1/s1. The fourth-order valence-electron chi connectivity index (χ4n) is 2.98. The van der Waals surface area contributed by atoms with Crippen molar-refractivity contribution in [2.24, 2.45) is 5.92 Å². The predicted molar refractivity (Wildman–Crippen MR) is 72.5 cm³/mol. The minimum Gasteiger partial charge on any atom is -0.351 e. The third-order valence-corrected chi connectivity index (χ3v) is 5.38. The first-order valence-corrected chi connectivity index (χ1v) is 8.16.